The van der Waals surface area contributed by atoms with E-state index in [4.69, 9.17) is 4.74 Å². The van der Waals surface area contributed by atoms with Gasteiger partial charge in [0.05, 0.1) is 23.2 Å². The van der Waals surface area contributed by atoms with Crippen molar-refractivity contribution >= 4 is 17.2 Å². The Balaban J connectivity index is 1.60. The minimum Gasteiger partial charge on any atom is -0.492 e. The Morgan fingerprint density at radius 2 is 2.27 bits per heavy atom. The average molecular weight is 316 g/mol. The normalized spacial score (nSPS) is 16.7. The van der Waals surface area contributed by atoms with E-state index in [0.29, 0.717) is 13.2 Å². The third kappa shape index (κ3) is 3.14. The number of hydrogen-bond acceptors (Lipinski definition) is 4. The molecule has 2 heterocycles. The molecule has 0 saturated carbocycles. The summed E-state index contributed by atoms with van der Waals surface area (Å²) in [6, 6.07) is 7.92. The van der Waals surface area contributed by atoms with Crippen LogP contribution in [0.3, 0.4) is 0 Å². The number of amides is 1. The fraction of sp³-hybridized carbons (Fsp3) is 0.412. The Morgan fingerprint density at radius 1 is 1.45 bits per heavy atom. The molecule has 1 aromatic heterocycles. The molecular weight excluding hydrogens is 296 g/mol. The van der Waals surface area contributed by atoms with Crippen molar-refractivity contribution < 1.29 is 9.53 Å². The van der Waals surface area contributed by atoms with Crippen molar-refractivity contribution in [3.63, 3.8) is 0 Å². The quantitative estimate of drug-likeness (QED) is 0.943. The molecule has 0 spiro atoms. The summed E-state index contributed by atoms with van der Waals surface area (Å²) < 4.78 is 5.68. The number of hydrogen-bond donors (Lipinski definition) is 1. The molecule has 1 amide bonds. The number of nitrogens with one attached hydrogen (secondary N) is 1. The lowest BCUT2D eigenvalue weighted by Crippen LogP contribution is -2.37. The SMILES string of the molecule is CCc1nc(C)c(CNC(=O)[C@@H]2COc3ccccc3C2)s1. The standard InChI is InChI=1S/C17H20N2O2S/c1-3-16-19-11(2)15(22-16)9-18-17(20)13-8-12-6-4-5-7-14(12)21-10-13/h4-7,13H,3,8-10H2,1-2H3,(H,18,20)/t13-/m0/s1. The highest BCUT2D eigenvalue weighted by Crippen LogP contribution is 2.27. The molecule has 2 aromatic rings. The predicted molar refractivity (Wildman–Crippen MR) is 87.2 cm³/mol. The molecule has 1 aliphatic heterocycles. The number of ether oxygens (including phenoxy) is 1. The smallest absolute Gasteiger partial charge is 0.227 e. The number of carbonyl (C=O) groups excluding carboxylic acids is 1. The highest BCUT2D eigenvalue weighted by Gasteiger charge is 2.25. The Bertz CT molecular complexity index is 681. The van der Waals surface area contributed by atoms with E-state index in [1.165, 1.54) is 0 Å². The van der Waals surface area contributed by atoms with Gasteiger partial charge in [0.1, 0.15) is 12.4 Å². The second-order valence-corrected chi connectivity index (χ2v) is 6.68. The minimum atomic E-state index is -0.117. The van der Waals surface area contributed by atoms with E-state index < -0.39 is 0 Å². The van der Waals surface area contributed by atoms with Gasteiger partial charge in [-0.1, -0.05) is 25.1 Å². The Kier molecular flexibility index (Phi) is 4.43. The number of nitrogens with zero attached hydrogens (tertiary/aromatic N) is 1. The van der Waals surface area contributed by atoms with E-state index in [-0.39, 0.29) is 11.8 Å². The van der Waals surface area contributed by atoms with Gasteiger partial charge in [0.15, 0.2) is 0 Å². The van der Waals surface area contributed by atoms with Crippen molar-refractivity contribution in [3.8, 4) is 5.75 Å². The molecule has 4 nitrogen and oxygen atoms in total. The van der Waals surface area contributed by atoms with Crippen molar-refractivity contribution in [2.75, 3.05) is 6.61 Å². The summed E-state index contributed by atoms with van der Waals surface area (Å²) in [4.78, 5) is 18.0. The van der Waals surface area contributed by atoms with Crippen LogP contribution in [0, 0.1) is 12.8 Å². The topological polar surface area (TPSA) is 51.2 Å². The number of aromatic nitrogens is 1. The molecule has 1 aliphatic rings. The molecule has 1 aromatic carbocycles. The molecule has 0 unspecified atom stereocenters. The van der Waals surface area contributed by atoms with E-state index in [1.807, 2.05) is 31.2 Å². The molecule has 0 aliphatic carbocycles. The zero-order valence-electron chi connectivity index (χ0n) is 12.9. The lowest BCUT2D eigenvalue weighted by Gasteiger charge is -2.24. The van der Waals surface area contributed by atoms with Gasteiger partial charge in [-0.3, -0.25) is 4.79 Å². The summed E-state index contributed by atoms with van der Waals surface area (Å²) in [7, 11) is 0. The van der Waals surface area contributed by atoms with Crippen LogP contribution in [0.5, 0.6) is 5.75 Å². The Labute approximate surface area is 134 Å². The third-order valence-corrected chi connectivity index (χ3v) is 5.21. The summed E-state index contributed by atoms with van der Waals surface area (Å²) in [6.07, 6.45) is 1.68. The van der Waals surface area contributed by atoms with Gasteiger partial charge in [0.2, 0.25) is 5.91 Å². The summed E-state index contributed by atoms with van der Waals surface area (Å²) in [5.74, 6) is 0.839. The number of carbonyl (C=O) groups is 1. The van der Waals surface area contributed by atoms with E-state index in [0.717, 1.165) is 39.7 Å². The summed E-state index contributed by atoms with van der Waals surface area (Å²) in [5, 5.41) is 4.15. The average Bonchev–Trinajstić information content (AvgIpc) is 2.92. The van der Waals surface area contributed by atoms with E-state index >= 15 is 0 Å². The molecule has 0 fully saturated rings. The van der Waals surface area contributed by atoms with Crippen LogP contribution < -0.4 is 10.1 Å². The predicted octanol–water partition coefficient (Wildman–Crippen LogP) is 2.88. The molecular formula is C17H20N2O2S. The van der Waals surface area contributed by atoms with E-state index in [2.05, 4.69) is 17.2 Å². The van der Waals surface area contributed by atoms with Crippen molar-refractivity contribution in [2.24, 2.45) is 5.92 Å². The van der Waals surface area contributed by atoms with Crippen LogP contribution in [0.2, 0.25) is 0 Å². The van der Waals surface area contributed by atoms with Crippen LogP contribution in [-0.4, -0.2) is 17.5 Å². The highest BCUT2D eigenvalue weighted by atomic mass is 32.1. The first-order valence-electron chi connectivity index (χ1n) is 7.61. The van der Waals surface area contributed by atoms with Gasteiger partial charge in [-0.25, -0.2) is 4.98 Å². The van der Waals surface area contributed by atoms with Crippen LogP contribution in [0.15, 0.2) is 24.3 Å². The fourth-order valence-corrected chi connectivity index (χ4v) is 3.56. The number of rotatable bonds is 4. The van der Waals surface area contributed by atoms with Gasteiger partial charge in [-0.2, -0.15) is 0 Å². The molecule has 3 rings (SSSR count). The summed E-state index contributed by atoms with van der Waals surface area (Å²) >= 11 is 1.68. The third-order valence-electron chi connectivity index (χ3n) is 3.91. The van der Waals surface area contributed by atoms with Gasteiger partial charge in [0.25, 0.3) is 0 Å². The van der Waals surface area contributed by atoms with Crippen molar-refractivity contribution in [2.45, 2.75) is 33.2 Å². The van der Waals surface area contributed by atoms with Gasteiger partial charge < -0.3 is 10.1 Å². The van der Waals surface area contributed by atoms with Crippen LogP contribution in [0.1, 0.15) is 28.1 Å². The first kappa shape index (κ1) is 15.0. The van der Waals surface area contributed by atoms with Crippen LogP contribution in [0.25, 0.3) is 0 Å². The van der Waals surface area contributed by atoms with Crippen molar-refractivity contribution in [3.05, 3.63) is 45.4 Å². The fourth-order valence-electron chi connectivity index (χ4n) is 2.61. The largest absolute Gasteiger partial charge is 0.492 e. The molecule has 0 radical (unpaired) electrons. The first-order chi connectivity index (χ1) is 10.7. The monoisotopic (exact) mass is 316 g/mol. The maximum atomic E-state index is 12.4. The second-order valence-electron chi connectivity index (χ2n) is 5.51. The second kappa shape index (κ2) is 6.48. The number of para-hydroxylation sites is 1. The number of fused-ring (bicyclic) bond motifs is 1. The number of benzene rings is 1. The summed E-state index contributed by atoms with van der Waals surface area (Å²) in [6.45, 7) is 5.10. The van der Waals surface area contributed by atoms with Crippen LogP contribution >= 0.6 is 11.3 Å². The molecule has 1 N–H and O–H groups in total. The van der Waals surface area contributed by atoms with Gasteiger partial charge in [0, 0.05) is 4.88 Å². The Morgan fingerprint density at radius 3 is 3.05 bits per heavy atom. The van der Waals surface area contributed by atoms with Crippen LogP contribution in [-0.2, 0) is 24.2 Å². The summed E-state index contributed by atoms with van der Waals surface area (Å²) in [5.41, 5.74) is 2.13. The minimum absolute atomic E-state index is 0.0559. The number of thiazole rings is 1. The zero-order chi connectivity index (χ0) is 15.5. The zero-order valence-corrected chi connectivity index (χ0v) is 13.7. The lowest BCUT2D eigenvalue weighted by molar-refractivity contribution is -0.126. The first-order valence-corrected chi connectivity index (χ1v) is 8.42. The molecule has 116 valence electrons. The molecule has 0 saturated heterocycles. The van der Waals surface area contributed by atoms with Crippen molar-refractivity contribution in [1.82, 2.24) is 10.3 Å². The molecule has 5 heteroatoms. The lowest BCUT2D eigenvalue weighted by atomic mass is 9.96. The Hall–Kier alpha value is -1.88. The highest BCUT2D eigenvalue weighted by molar-refractivity contribution is 7.11. The maximum Gasteiger partial charge on any atom is 0.227 e. The van der Waals surface area contributed by atoms with Gasteiger partial charge in [-0.05, 0) is 31.4 Å². The maximum absolute atomic E-state index is 12.4. The molecule has 22 heavy (non-hydrogen) atoms. The molecule has 0 bridgehead atoms. The van der Waals surface area contributed by atoms with E-state index in [1.54, 1.807) is 11.3 Å². The van der Waals surface area contributed by atoms with Crippen molar-refractivity contribution in [1.29, 1.82) is 0 Å². The van der Waals surface area contributed by atoms with Gasteiger partial charge in [-0.15, -0.1) is 11.3 Å². The van der Waals surface area contributed by atoms with Crippen LogP contribution in [0.4, 0.5) is 0 Å². The van der Waals surface area contributed by atoms with Gasteiger partial charge >= 0.3 is 0 Å². The number of aryl methyl sites for hydroxylation is 2. The van der Waals surface area contributed by atoms with E-state index in [9.17, 15) is 4.79 Å². The molecule has 1 atom stereocenters.